The number of methoxy groups -OCH3 is 1. The van der Waals surface area contributed by atoms with Crippen molar-refractivity contribution in [2.24, 2.45) is 0 Å². The summed E-state index contributed by atoms with van der Waals surface area (Å²) < 4.78 is 20.4. The van der Waals surface area contributed by atoms with E-state index in [4.69, 9.17) is 4.74 Å². The van der Waals surface area contributed by atoms with E-state index in [2.05, 4.69) is 10.00 Å². The second kappa shape index (κ2) is 7.30. The largest absolute Gasteiger partial charge is 0.497 e. The van der Waals surface area contributed by atoms with Gasteiger partial charge in [-0.2, -0.15) is 5.10 Å². The quantitative estimate of drug-likeness (QED) is 0.712. The number of halogens is 1. The molecule has 26 heavy (non-hydrogen) atoms. The van der Waals surface area contributed by atoms with E-state index in [-0.39, 0.29) is 5.82 Å². The van der Waals surface area contributed by atoms with Gasteiger partial charge in [0, 0.05) is 24.3 Å². The lowest BCUT2D eigenvalue weighted by atomic mass is 10.1. The van der Waals surface area contributed by atoms with Gasteiger partial charge in [-0.05, 0) is 61.3 Å². The Balaban J connectivity index is 1.54. The van der Waals surface area contributed by atoms with Gasteiger partial charge in [0.2, 0.25) is 0 Å². The summed E-state index contributed by atoms with van der Waals surface area (Å²) in [7, 11) is 1.67. The van der Waals surface area contributed by atoms with Crippen LogP contribution in [0.2, 0.25) is 0 Å². The van der Waals surface area contributed by atoms with Crippen molar-refractivity contribution in [2.75, 3.05) is 13.7 Å². The van der Waals surface area contributed by atoms with E-state index in [0.717, 1.165) is 49.5 Å². The molecule has 1 aromatic heterocycles. The molecule has 0 aliphatic carbocycles. The highest BCUT2D eigenvalue weighted by molar-refractivity contribution is 5.39. The fraction of sp³-hybridized carbons (Fsp3) is 0.286. The van der Waals surface area contributed by atoms with Gasteiger partial charge in [0.15, 0.2) is 0 Å². The first kappa shape index (κ1) is 16.8. The van der Waals surface area contributed by atoms with Crippen LogP contribution < -0.4 is 4.74 Å². The molecule has 0 spiro atoms. The van der Waals surface area contributed by atoms with Crippen LogP contribution in [0.1, 0.15) is 23.2 Å². The van der Waals surface area contributed by atoms with Crippen molar-refractivity contribution in [3.63, 3.8) is 0 Å². The van der Waals surface area contributed by atoms with E-state index in [1.807, 2.05) is 47.3 Å². The Morgan fingerprint density at radius 2 is 1.85 bits per heavy atom. The fourth-order valence-electron chi connectivity index (χ4n) is 3.53. The minimum absolute atomic E-state index is 0.187. The molecule has 4 rings (SSSR count). The SMILES string of the molecule is COc1ccc(-n2ncc3c2CCCN(Cc2ccc(F)cc2)C3)cc1. The van der Waals surface area contributed by atoms with E-state index in [1.54, 1.807) is 7.11 Å². The Morgan fingerprint density at radius 3 is 2.58 bits per heavy atom. The Kier molecular flexibility index (Phi) is 4.71. The summed E-state index contributed by atoms with van der Waals surface area (Å²) in [5.74, 6) is 0.658. The van der Waals surface area contributed by atoms with Crippen molar-refractivity contribution in [3.8, 4) is 11.4 Å². The van der Waals surface area contributed by atoms with Crippen molar-refractivity contribution in [3.05, 3.63) is 77.4 Å². The predicted octanol–water partition coefficient (Wildman–Crippen LogP) is 3.97. The van der Waals surface area contributed by atoms with E-state index in [1.165, 1.54) is 23.4 Å². The second-order valence-electron chi connectivity index (χ2n) is 6.67. The molecule has 1 aliphatic heterocycles. The average molecular weight is 351 g/mol. The summed E-state index contributed by atoms with van der Waals surface area (Å²) in [6, 6.07) is 14.8. The molecule has 0 atom stereocenters. The minimum Gasteiger partial charge on any atom is -0.497 e. The number of ether oxygens (including phenoxy) is 1. The minimum atomic E-state index is -0.187. The van der Waals surface area contributed by atoms with Crippen LogP contribution in [0.3, 0.4) is 0 Å². The number of hydrogen-bond acceptors (Lipinski definition) is 3. The summed E-state index contributed by atoms with van der Waals surface area (Å²) in [6.07, 6.45) is 4.06. The molecule has 4 nitrogen and oxygen atoms in total. The molecular formula is C21H22FN3O. The van der Waals surface area contributed by atoms with Gasteiger partial charge in [0.05, 0.1) is 19.0 Å². The Morgan fingerprint density at radius 1 is 1.08 bits per heavy atom. The van der Waals surface area contributed by atoms with Gasteiger partial charge in [-0.1, -0.05) is 12.1 Å². The van der Waals surface area contributed by atoms with Crippen LogP contribution in [0.5, 0.6) is 5.75 Å². The first-order valence-corrected chi connectivity index (χ1v) is 8.90. The first-order chi connectivity index (χ1) is 12.7. The zero-order chi connectivity index (χ0) is 17.9. The average Bonchev–Trinajstić information content (AvgIpc) is 2.95. The van der Waals surface area contributed by atoms with Gasteiger partial charge in [-0.25, -0.2) is 9.07 Å². The maximum Gasteiger partial charge on any atom is 0.123 e. The highest BCUT2D eigenvalue weighted by Crippen LogP contribution is 2.24. The molecule has 2 aromatic carbocycles. The summed E-state index contributed by atoms with van der Waals surface area (Å²) in [5.41, 5.74) is 4.73. The molecule has 5 heteroatoms. The molecule has 134 valence electrons. The second-order valence-corrected chi connectivity index (χ2v) is 6.67. The number of hydrogen-bond donors (Lipinski definition) is 0. The molecule has 0 radical (unpaired) electrons. The fourth-order valence-corrected chi connectivity index (χ4v) is 3.53. The summed E-state index contributed by atoms with van der Waals surface area (Å²) in [5, 5.41) is 4.62. The number of aromatic nitrogens is 2. The maximum absolute atomic E-state index is 13.1. The van der Waals surface area contributed by atoms with E-state index >= 15 is 0 Å². The lowest BCUT2D eigenvalue weighted by Gasteiger charge is -2.19. The molecule has 0 bridgehead atoms. The van der Waals surface area contributed by atoms with Crippen molar-refractivity contribution < 1.29 is 9.13 Å². The molecule has 0 N–H and O–H groups in total. The third-order valence-corrected chi connectivity index (χ3v) is 4.87. The zero-order valence-corrected chi connectivity index (χ0v) is 14.9. The van der Waals surface area contributed by atoms with Crippen LogP contribution >= 0.6 is 0 Å². The summed E-state index contributed by atoms with van der Waals surface area (Å²) in [4.78, 5) is 2.40. The van der Waals surface area contributed by atoms with E-state index < -0.39 is 0 Å². The normalized spacial score (nSPS) is 14.7. The summed E-state index contributed by atoms with van der Waals surface area (Å²) >= 11 is 0. The number of rotatable bonds is 4. The van der Waals surface area contributed by atoms with Gasteiger partial charge < -0.3 is 4.74 Å². The molecule has 1 aliphatic rings. The predicted molar refractivity (Wildman–Crippen MR) is 99.0 cm³/mol. The number of benzene rings is 2. The molecule has 2 heterocycles. The van der Waals surface area contributed by atoms with E-state index in [0.29, 0.717) is 0 Å². The van der Waals surface area contributed by atoms with Gasteiger partial charge in [-0.3, -0.25) is 4.90 Å². The van der Waals surface area contributed by atoms with Crippen molar-refractivity contribution in [2.45, 2.75) is 25.9 Å². The molecule has 0 saturated heterocycles. The highest BCUT2D eigenvalue weighted by Gasteiger charge is 2.19. The molecular weight excluding hydrogens is 329 g/mol. The van der Waals surface area contributed by atoms with E-state index in [9.17, 15) is 4.39 Å². The molecule has 0 saturated carbocycles. The van der Waals surface area contributed by atoms with Gasteiger partial charge in [0.25, 0.3) is 0 Å². The van der Waals surface area contributed by atoms with Gasteiger partial charge >= 0.3 is 0 Å². The lowest BCUT2D eigenvalue weighted by molar-refractivity contribution is 0.261. The smallest absolute Gasteiger partial charge is 0.123 e. The van der Waals surface area contributed by atoms with Crippen LogP contribution in [-0.2, 0) is 19.5 Å². The maximum atomic E-state index is 13.1. The standard InChI is InChI=1S/C21H22FN3O/c1-26-20-10-8-19(9-11-20)25-21-3-2-12-24(15-17(21)13-23-25)14-16-4-6-18(22)7-5-16/h4-11,13H,2-3,12,14-15H2,1H3. The van der Waals surface area contributed by atoms with Crippen LogP contribution in [0.4, 0.5) is 4.39 Å². The Labute approximate surface area is 152 Å². The highest BCUT2D eigenvalue weighted by atomic mass is 19.1. The molecule has 3 aromatic rings. The van der Waals surface area contributed by atoms with Crippen molar-refractivity contribution >= 4 is 0 Å². The molecule has 0 fully saturated rings. The third-order valence-electron chi connectivity index (χ3n) is 4.87. The van der Waals surface area contributed by atoms with Crippen LogP contribution in [0.25, 0.3) is 5.69 Å². The first-order valence-electron chi connectivity index (χ1n) is 8.90. The van der Waals surface area contributed by atoms with Crippen LogP contribution in [0, 0.1) is 5.82 Å². The monoisotopic (exact) mass is 351 g/mol. The zero-order valence-electron chi connectivity index (χ0n) is 14.9. The van der Waals surface area contributed by atoms with Gasteiger partial charge in [0.1, 0.15) is 11.6 Å². The summed E-state index contributed by atoms with van der Waals surface area (Å²) in [6.45, 7) is 2.71. The van der Waals surface area contributed by atoms with Gasteiger partial charge in [-0.15, -0.1) is 0 Å². The van der Waals surface area contributed by atoms with Crippen LogP contribution in [0.15, 0.2) is 54.7 Å². The van der Waals surface area contributed by atoms with Crippen molar-refractivity contribution in [1.82, 2.24) is 14.7 Å². The number of nitrogens with zero attached hydrogens (tertiary/aromatic N) is 3. The molecule has 0 unspecified atom stereocenters. The molecule has 0 amide bonds. The third kappa shape index (κ3) is 3.48. The van der Waals surface area contributed by atoms with Crippen LogP contribution in [-0.4, -0.2) is 28.3 Å². The number of fused-ring (bicyclic) bond motifs is 1. The van der Waals surface area contributed by atoms with Crippen molar-refractivity contribution in [1.29, 1.82) is 0 Å². The Bertz CT molecular complexity index is 871. The Hall–Kier alpha value is -2.66. The lowest BCUT2D eigenvalue weighted by Crippen LogP contribution is -2.22. The topological polar surface area (TPSA) is 30.3 Å².